The minimum atomic E-state index is -0.362. The average molecular weight is 293 g/mol. The van der Waals surface area contributed by atoms with Gasteiger partial charge >= 0.3 is 0 Å². The second-order valence-electron chi connectivity index (χ2n) is 5.40. The molecule has 0 radical (unpaired) electrons. The summed E-state index contributed by atoms with van der Waals surface area (Å²) in [6.07, 6.45) is 1.76. The summed E-state index contributed by atoms with van der Waals surface area (Å²) in [5, 5.41) is 5.87. The maximum atomic E-state index is 12.4. The molecule has 0 aliphatic carbocycles. The van der Waals surface area contributed by atoms with Crippen LogP contribution in [-0.4, -0.2) is 54.8 Å². The Labute approximate surface area is 125 Å². The third kappa shape index (κ3) is 3.60. The van der Waals surface area contributed by atoms with E-state index in [0.29, 0.717) is 25.7 Å². The summed E-state index contributed by atoms with van der Waals surface area (Å²) in [4.78, 5) is 23.0. The number of ether oxygens (including phenoxy) is 1. The Morgan fingerprint density at radius 3 is 2.95 bits per heavy atom. The van der Waals surface area contributed by atoms with Gasteiger partial charge in [0, 0.05) is 31.4 Å². The zero-order valence-electron chi connectivity index (χ0n) is 13.0. The van der Waals surface area contributed by atoms with E-state index in [1.807, 2.05) is 25.7 Å². The van der Waals surface area contributed by atoms with Crippen LogP contribution in [0.1, 0.15) is 19.4 Å². The van der Waals surface area contributed by atoms with Crippen molar-refractivity contribution >= 4 is 17.7 Å². The Bertz CT molecular complexity index is 506. The molecule has 0 aromatic carbocycles. The van der Waals surface area contributed by atoms with E-state index in [0.717, 1.165) is 11.4 Å². The third-order valence-corrected chi connectivity index (χ3v) is 3.30. The van der Waals surface area contributed by atoms with E-state index in [1.165, 1.54) is 0 Å². The number of rotatable bonds is 4. The average Bonchev–Trinajstić information content (AvgIpc) is 2.47. The van der Waals surface area contributed by atoms with E-state index in [-0.39, 0.29) is 18.0 Å². The summed E-state index contributed by atoms with van der Waals surface area (Å²) in [5.41, 5.74) is 0.943. The SMILES string of the molecule is CNc1ncc(C)c(N2CCOCC2C(=O)NC(C)C)n1. The van der Waals surface area contributed by atoms with Gasteiger partial charge in [-0.15, -0.1) is 0 Å². The van der Waals surface area contributed by atoms with Gasteiger partial charge in [0.2, 0.25) is 11.9 Å². The summed E-state index contributed by atoms with van der Waals surface area (Å²) in [5.74, 6) is 1.29. The van der Waals surface area contributed by atoms with E-state index in [4.69, 9.17) is 4.74 Å². The largest absolute Gasteiger partial charge is 0.377 e. The first-order valence-electron chi connectivity index (χ1n) is 7.19. The quantitative estimate of drug-likeness (QED) is 0.844. The second-order valence-corrected chi connectivity index (χ2v) is 5.40. The van der Waals surface area contributed by atoms with Crippen LogP contribution in [0.25, 0.3) is 0 Å². The van der Waals surface area contributed by atoms with Gasteiger partial charge in [-0.25, -0.2) is 4.98 Å². The highest BCUT2D eigenvalue weighted by atomic mass is 16.5. The molecule has 0 saturated carbocycles. The van der Waals surface area contributed by atoms with Crippen LogP contribution in [0.2, 0.25) is 0 Å². The van der Waals surface area contributed by atoms with Crippen molar-refractivity contribution in [1.29, 1.82) is 0 Å². The van der Waals surface area contributed by atoms with Gasteiger partial charge in [-0.3, -0.25) is 4.79 Å². The van der Waals surface area contributed by atoms with Crippen molar-refractivity contribution < 1.29 is 9.53 Å². The molecule has 0 bridgehead atoms. The topological polar surface area (TPSA) is 79.4 Å². The number of amides is 1. The molecule has 1 aromatic heterocycles. The van der Waals surface area contributed by atoms with Crippen molar-refractivity contribution in [3.8, 4) is 0 Å². The fourth-order valence-electron chi connectivity index (χ4n) is 2.30. The molecule has 2 rings (SSSR count). The summed E-state index contributed by atoms with van der Waals surface area (Å²) in [6, 6.07) is -0.264. The number of nitrogens with zero attached hydrogens (tertiary/aromatic N) is 3. The highest BCUT2D eigenvalue weighted by Crippen LogP contribution is 2.22. The molecule has 0 spiro atoms. The van der Waals surface area contributed by atoms with Crippen LogP contribution >= 0.6 is 0 Å². The highest BCUT2D eigenvalue weighted by molar-refractivity contribution is 5.85. The van der Waals surface area contributed by atoms with Crippen molar-refractivity contribution in [2.45, 2.75) is 32.9 Å². The minimum absolute atomic E-state index is 0.0336. The normalized spacial score (nSPS) is 18.7. The first-order chi connectivity index (χ1) is 10.0. The molecule has 1 atom stereocenters. The highest BCUT2D eigenvalue weighted by Gasteiger charge is 2.31. The maximum absolute atomic E-state index is 12.4. The molecule has 1 saturated heterocycles. The first kappa shape index (κ1) is 15.5. The van der Waals surface area contributed by atoms with Crippen LogP contribution in [0.4, 0.5) is 11.8 Å². The van der Waals surface area contributed by atoms with Crippen molar-refractivity contribution in [3.05, 3.63) is 11.8 Å². The van der Waals surface area contributed by atoms with Crippen LogP contribution in [0, 0.1) is 6.92 Å². The number of anilines is 2. The Balaban J connectivity index is 2.28. The van der Waals surface area contributed by atoms with Crippen molar-refractivity contribution in [2.24, 2.45) is 0 Å². The van der Waals surface area contributed by atoms with Crippen LogP contribution in [-0.2, 0) is 9.53 Å². The molecular formula is C14H23N5O2. The van der Waals surface area contributed by atoms with Gasteiger partial charge in [0.25, 0.3) is 0 Å². The lowest BCUT2D eigenvalue weighted by Gasteiger charge is -2.36. The molecule has 7 heteroatoms. The number of aromatic nitrogens is 2. The lowest BCUT2D eigenvalue weighted by atomic mass is 10.1. The smallest absolute Gasteiger partial charge is 0.245 e. The number of aryl methyl sites for hydroxylation is 1. The predicted octanol–water partition coefficient (Wildman–Crippen LogP) is 0.557. The van der Waals surface area contributed by atoms with E-state index < -0.39 is 0 Å². The van der Waals surface area contributed by atoms with Crippen LogP contribution in [0.15, 0.2) is 6.20 Å². The van der Waals surface area contributed by atoms with Crippen LogP contribution in [0.5, 0.6) is 0 Å². The Morgan fingerprint density at radius 2 is 2.29 bits per heavy atom. The second kappa shape index (κ2) is 6.71. The molecule has 1 aromatic rings. The first-order valence-corrected chi connectivity index (χ1v) is 7.19. The summed E-state index contributed by atoms with van der Waals surface area (Å²) in [7, 11) is 1.77. The van der Waals surface area contributed by atoms with Gasteiger partial charge in [0.15, 0.2) is 0 Å². The molecule has 1 aliphatic rings. The maximum Gasteiger partial charge on any atom is 0.245 e. The number of hydrogen-bond acceptors (Lipinski definition) is 6. The molecule has 2 heterocycles. The standard InChI is InChI=1S/C14H23N5O2/c1-9(2)17-13(20)11-8-21-6-5-19(11)12-10(3)7-16-14(15-4)18-12/h7,9,11H,5-6,8H2,1-4H3,(H,17,20)(H,15,16,18). The van der Waals surface area contributed by atoms with Gasteiger partial charge in [0.05, 0.1) is 13.2 Å². The van der Waals surface area contributed by atoms with E-state index >= 15 is 0 Å². The van der Waals surface area contributed by atoms with E-state index in [2.05, 4.69) is 20.6 Å². The van der Waals surface area contributed by atoms with Gasteiger partial charge in [-0.2, -0.15) is 4.98 Å². The molecule has 2 N–H and O–H groups in total. The van der Waals surface area contributed by atoms with Crippen LogP contribution < -0.4 is 15.5 Å². The lowest BCUT2D eigenvalue weighted by Crippen LogP contribution is -2.55. The zero-order chi connectivity index (χ0) is 15.4. The number of carbonyl (C=O) groups is 1. The number of morpholine rings is 1. The molecule has 1 fully saturated rings. The van der Waals surface area contributed by atoms with Crippen LogP contribution in [0.3, 0.4) is 0 Å². The molecular weight excluding hydrogens is 270 g/mol. The fourth-order valence-corrected chi connectivity index (χ4v) is 2.30. The van der Waals surface area contributed by atoms with Gasteiger partial charge < -0.3 is 20.3 Å². The predicted molar refractivity (Wildman–Crippen MR) is 81.5 cm³/mol. The Hall–Kier alpha value is -1.89. The fraction of sp³-hybridized carbons (Fsp3) is 0.643. The Kier molecular flexibility index (Phi) is 4.95. The zero-order valence-corrected chi connectivity index (χ0v) is 13.0. The van der Waals surface area contributed by atoms with E-state index in [1.54, 1.807) is 13.2 Å². The third-order valence-electron chi connectivity index (χ3n) is 3.30. The summed E-state index contributed by atoms with van der Waals surface area (Å²) in [6.45, 7) is 7.43. The van der Waals surface area contributed by atoms with Crippen molar-refractivity contribution in [1.82, 2.24) is 15.3 Å². The summed E-state index contributed by atoms with van der Waals surface area (Å²) >= 11 is 0. The molecule has 1 unspecified atom stereocenters. The van der Waals surface area contributed by atoms with E-state index in [9.17, 15) is 4.79 Å². The van der Waals surface area contributed by atoms with Crippen molar-refractivity contribution in [2.75, 3.05) is 37.0 Å². The molecule has 1 amide bonds. The number of nitrogens with one attached hydrogen (secondary N) is 2. The number of carbonyl (C=O) groups excluding carboxylic acids is 1. The number of hydrogen-bond donors (Lipinski definition) is 2. The van der Waals surface area contributed by atoms with Gasteiger partial charge in [-0.1, -0.05) is 0 Å². The molecule has 116 valence electrons. The summed E-state index contributed by atoms with van der Waals surface area (Å²) < 4.78 is 5.47. The molecule has 1 aliphatic heterocycles. The lowest BCUT2D eigenvalue weighted by molar-refractivity contribution is -0.125. The molecule has 7 nitrogen and oxygen atoms in total. The minimum Gasteiger partial charge on any atom is -0.377 e. The monoisotopic (exact) mass is 293 g/mol. The van der Waals surface area contributed by atoms with Crippen molar-refractivity contribution in [3.63, 3.8) is 0 Å². The van der Waals surface area contributed by atoms with Gasteiger partial charge in [0.1, 0.15) is 11.9 Å². The molecule has 21 heavy (non-hydrogen) atoms. The van der Waals surface area contributed by atoms with Gasteiger partial charge in [-0.05, 0) is 20.8 Å². The Morgan fingerprint density at radius 1 is 1.52 bits per heavy atom.